The van der Waals surface area contributed by atoms with Crippen LogP contribution in [0.15, 0.2) is 22.5 Å². The molecule has 2 aliphatic heterocycles. The number of nitrogens with zero attached hydrogens (tertiary/aromatic N) is 4. The van der Waals surface area contributed by atoms with E-state index >= 15 is 0 Å². The van der Waals surface area contributed by atoms with Gasteiger partial charge in [-0.25, -0.2) is 0 Å². The predicted molar refractivity (Wildman–Crippen MR) is 106 cm³/mol. The van der Waals surface area contributed by atoms with Crippen LogP contribution >= 0.6 is 11.3 Å². The molecule has 0 bridgehead atoms. The molecule has 2 aliphatic rings. The fourth-order valence-electron chi connectivity index (χ4n) is 3.37. The molecule has 1 aromatic rings. The third-order valence-electron chi connectivity index (χ3n) is 4.91. The van der Waals surface area contributed by atoms with Crippen molar-refractivity contribution >= 4 is 22.3 Å². The minimum absolute atomic E-state index is 0.463. The van der Waals surface area contributed by atoms with Crippen molar-refractivity contribution in [2.45, 2.75) is 19.9 Å². The molecule has 3 rings (SSSR count). The number of aliphatic imine (C=N–C) groups is 1. The second-order valence-electron chi connectivity index (χ2n) is 6.62. The second kappa shape index (κ2) is 9.40. The summed E-state index contributed by atoms with van der Waals surface area (Å²) >= 11 is 1.83. The van der Waals surface area contributed by atoms with Gasteiger partial charge in [0.05, 0.1) is 24.8 Å². The summed E-state index contributed by atoms with van der Waals surface area (Å²) in [5.74, 6) is 1.06. The normalized spacial score (nSPS) is 21.4. The average molecular weight is 366 g/mol. The van der Waals surface area contributed by atoms with Crippen LogP contribution in [0.1, 0.15) is 13.8 Å². The van der Waals surface area contributed by atoms with Gasteiger partial charge >= 0.3 is 0 Å². The summed E-state index contributed by atoms with van der Waals surface area (Å²) in [7, 11) is 0. The first-order chi connectivity index (χ1) is 12.3. The van der Waals surface area contributed by atoms with Crippen LogP contribution in [0.4, 0.5) is 5.00 Å². The van der Waals surface area contributed by atoms with Crippen molar-refractivity contribution < 1.29 is 4.74 Å². The van der Waals surface area contributed by atoms with Crippen molar-refractivity contribution in [3.63, 3.8) is 0 Å². The Morgan fingerprint density at radius 2 is 2.00 bits per heavy atom. The van der Waals surface area contributed by atoms with Crippen LogP contribution in [0.2, 0.25) is 0 Å². The Labute approximate surface area is 155 Å². The minimum atomic E-state index is 0.463. The van der Waals surface area contributed by atoms with Crippen LogP contribution < -0.4 is 10.2 Å². The van der Waals surface area contributed by atoms with Crippen LogP contribution in [0, 0.1) is 0 Å². The zero-order valence-corrected chi connectivity index (χ0v) is 16.3. The van der Waals surface area contributed by atoms with E-state index in [2.05, 4.69) is 51.4 Å². The third kappa shape index (κ3) is 5.09. The monoisotopic (exact) mass is 365 g/mol. The minimum Gasteiger partial charge on any atom is -0.379 e. The molecule has 0 radical (unpaired) electrons. The van der Waals surface area contributed by atoms with Gasteiger partial charge in [-0.3, -0.25) is 9.89 Å². The van der Waals surface area contributed by atoms with E-state index in [0.717, 1.165) is 71.5 Å². The van der Waals surface area contributed by atoms with Gasteiger partial charge in [-0.1, -0.05) is 0 Å². The highest BCUT2D eigenvalue weighted by molar-refractivity contribution is 7.14. The van der Waals surface area contributed by atoms with Crippen LogP contribution in [-0.2, 0) is 4.74 Å². The topological polar surface area (TPSA) is 43.3 Å². The van der Waals surface area contributed by atoms with Crippen LogP contribution in [-0.4, -0.2) is 87.4 Å². The van der Waals surface area contributed by atoms with E-state index in [0.29, 0.717) is 6.04 Å². The van der Waals surface area contributed by atoms with Crippen molar-refractivity contribution in [1.29, 1.82) is 0 Å². The SMILES string of the molecule is CCNC(=NCC(C)N1CCOCC1)N1CCN(c2cccs2)CC1. The highest BCUT2D eigenvalue weighted by Crippen LogP contribution is 2.22. The van der Waals surface area contributed by atoms with Crippen LogP contribution in [0.5, 0.6) is 0 Å². The van der Waals surface area contributed by atoms with E-state index < -0.39 is 0 Å². The van der Waals surface area contributed by atoms with Crippen molar-refractivity contribution in [2.24, 2.45) is 4.99 Å². The van der Waals surface area contributed by atoms with Gasteiger partial charge < -0.3 is 19.9 Å². The lowest BCUT2D eigenvalue weighted by Gasteiger charge is -2.37. The summed E-state index contributed by atoms with van der Waals surface area (Å²) < 4.78 is 5.45. The first-order valence-electron chi connectivity index (χ1n) is 9.41. The fraction of sp³-hybridized carbons (Fsp3) is 0.722. The number of rotatable bonds is 5. The molecule has 2 fully saturated rings. The number of anilines is 1. The Kier molecular flexibility index (Phi) is 6.95. The lowest BCUT2D eigenvalue weighted by molar-refractivity contribution is 0.0220. The maximum Gasteiger partial charge on any atom is 0.194 e. The molecule has 0 aliphatic carbocycles. The molecule has 0 aromatic carbocycles. The van der Waals surface area contributed by atoms with Gasteiger partial charge in [0, 0.05) is 51.9 Å². The Hall–Kier alpha value is -1.31. The predicted octanol–water partition coefficient (Wildman–Crippen LogP) is 1.56. The largest absolute Gasteiger partial charge is 0.379 e. The van der Waals surface area contributed by atoms with Crippen LogP contribution in [0.3, 0.4) is 0 Å². The highest BCUT2D eigenvalue weighted by atomic mass is 32.1. The second-order valence-corrected chi connectivity index (χ2v) is 7.54. The Balaban J connectivity index is 1.53. The van der Waals surface area contributed by atoms with Gasteiger partial charge in [0.2, 0.25) is 0 Å². The first kappa shape index (κ1) is 18.5. The molecule has 0 amide bonds. The molecular formula is C18H31N5OS. The van der Waals surface area contributed by atoms with Crippen molar-refractivity contribution in [3.8, 4) is 0 Å². The molecule has 0 spiro atoms. The molecule has 1 aromatic heterocycles. The number of ether oxygens (including phenoxy) is 1. The Morgan fingerprint density at radius 3 is 2.64 bits per heavy atom. The summed E-state index contributed by atoms with van der Waals surface area (Å²) in [6.45, 7) is 14.1. The molecule has 6 nitrogen and oxygen atoms in total. The number of morpholine rings is 1. The third-order valence-corrected chi connectivity index (χ3v) is 5.84. The number of hydrogen-bond donors (Lipinski definition) is 1. The molecule has 140 valence electrons. The molecule has 1 atom stereocenters. The summed E-state index contributed by atoms with van der Waals surface area (Å²) in [5.41, 5.74) is 0. The molecule has 25 heavy (non-hydrogen) atoms. The van der Waals surface area contributed by atoms with E-state index in [9.17, 15) is 0 Å². The number of hydrogen-bond acceptors (Lipinski definition) is 5. The van der Waals surface area contributed by atoms with Gasteiger partial charge in [0.15, 0.2) is 5.96 Å². The van der Waals surface area contributed by atoms with E-state index in [1.54, 1.807) is 0 Å². The molecule has 2 saturated heterocycles. The summed E-state index contributed by atoms with van der Waals surface area (Å²) in [6, 6.07) is 4.80. The summed E-state index contributed by atoms with van der Waals surface area (Å²) in [4.78, 5) is 12.3. The maximum atomic E-state index is 5.45. The molecule has 3 heterocycles. The highest BCUT2D eigenvalue weighted by Gasteiger charge is 2.21. The zero-order valence-electron chi connectivity index (χ0n) is 15.5. The lowest BCUT2D eigenvalue weighted by Crippen LogP contribution is -2.53. The van der Waals surface area contributed by atoms with E-state index in [4.69, 9.17) is 9.73 Å². The molecular weight excluding hydrogens is 334 g/mol. The summed E-state index contributed by atoms with van der Waals surface area (Å²) in [6.07, 6.45) is 0. The number of nitrogens with one attached hydrogen (secondary N) is 1. The first-order valence-corrected chi connectivity index (χ1v) is 10.3. The van der Waals surface area contributed by atoms with Gasteiger partial charge in [0.25, 0.3) is 0 Å². The van der Waals surface area contributed by atoms with Crippen molar-refractivity contribution in [3.05, 3.63) is 17.5 Å². The molecule has 0 saturated carbocycles. The molecule has 1 unspecified atom stereocenters. The molecule has 1 N–H and O–H groups in total. The van der Waals surface area contributed by atoms with E-state index in [1.165, 1.54) is 5.00 Å². The Morgan fingerprint density at radius 1 is 1.24 bits per heavy atom. The van der Waals surface area contributed by atoms with Gasteiger partial charge in [-0.2, -0.15) is 0 Å². The van der Waals surface area contributed by atoms with Crippen molar-refractivity contribution in [2.75, 3.05) is 70.5 Å². The quantitative estimate of drug-likeness (QED) is 0.634. The van der Waals surface area contributed by atoms with Crippen molar-refractivity contribution in [1.82, 2.24) is 15.1 Å². The maximum absolute atomic E-state index is 5.45. The zero-order chi connectivity index (χ0) is 17.5. The summed E-state index contributed by atoms with van der Waals surface area (Å²) in [5, 5.41) is 7.01. The number of thiophene rings is 1. The Bertz CT molecular complexity index is 522. The van der Waals surface area contributed by atoms with E-state index in [-0.39, 0.29) is 0 Å². The van der Waals surface area contributed by atoms with Crippen LogP contribution in [0.25, 0.3) is 0 Å². The number of guanidine groups is 1. The average Bonchev–Trinajstić information content (AvgIpc) is 3.20. The van der Waals surface area contributed by atoms with Gasteiger partial charge in [-0.15, -0.1) is 11.3 Å². The fourth-order valence-corrected chi connectivity index (χ4v) is 4.15. The smallest absolute Gasteiger partial charge is 0.194 e. The van der Waals surface area contributed by atoms with Gasteiger partial charge in [0.1, 0.15) is 0 Å². The number of piperazine rings is 1. The van der Waals surface area contributed by atoms with Gasteiger partial charge in [-0.05, 0) is 31.4 Å². The molecule has 7 heteroatoms. The standard InChI is InChI=1S/C18H31N5OS/c1-3-19-18(20-15-16(2)21-10-12-24-13-11-21)23-8-6-22(7-9-23)17-5-4-14-25-17/h4-5,14,16H,3,6-13,15H2,1-2H3,(H,19,20). The lowest BCUT2D eigenvalue weighted by atomic mass is 10.2. The van der Waals surface area contributed by atoms with E-state index in [1.807, 2.05) is 11.3 Å².